The zero-order valence-corrected chi connectivity index (χ0v) is 14.3. The van der Waals surface area contributed by atoms with Crippen molar-refractivity contribution in [3.63, 3.8) is 0 Å². The van der Waals surface area contributed by atoms with Crippen molar-refractivity contribution in [1.29, 1.82) is 0 Å². The molecule has 3 rings (SSSR count). The number of ether oxygens (including phenoxy) is 1. The number of rotatable bonds is 6. The number of carbonyl (C=O) groups is 1. The summed E-state index contributed by atoms with van der Waals surface area (Å²) >= 11 is 0. The topological polar surface area (TPSA) is 102 Å². The van der Waals surface area contributed by atoms with E-state index < -0.39 is 0 Å². The van der Waals surface area contributed by atoms with Crippen molar-refractivity contribution in [2.75, 3.05) is 13.7 Å². The third kappa shape index (κ3) is 3.90. The van der Waals surface area contributed by atoms with Gasteiger partial charge in [0.1, 0.15) is 5.76 Å². The highest BCUT2D eigenvalue weighted by Gasteiger charge is 2.16. The lowest BCUT2D eigenvalue weighted by molar-refractivity contribution is 0.236. The third-order valence-electron chi connectivity index (χ3n) is 3.72. The van der Waals surface area contributed by atoms with Crippen LogP contribution in [0.2, 0.25) is 0 Å². The summed E-state index contributed by atoms with van der Waals surface area (Å²) in [6.07, 6.45) is 0.477. The van der Waals surface area contributed by atoms with Crippen molar-refractivity contribution in [1.82, 2.24) is 20.8 Å². The van der Waals surface area contributed by atoms with Crippen LogP contribution in [0.5, 0.6) is 5.75 Å². The first-order valence-electron chi connectivity index (χ1n) is 7.97. The molecule has 0 bridgehead atoms. The Labute approximate surface area is 144 Å². The Hall–Kier alpha value is -3.03. The van der Waals surface area contributed by atoms with E-state index in [-0.39, 0.29) is 12.1 Å². The van der Waals surface area contributed by atoms with Gasteiger partial charge in [0.2, 0.25) is 5.89 Å². The average Bonchev–Trinajstić information content (AvgIpc) is 3.20. The lowest BCUT2D eigenvalue weighted by Gasteiger charge is -2.12. The fourth-order valence-electron chi connectivity index (χ4n) is 2.47. The average molecular weight is 344 g/mol. The zero-order chi connectivity index (χ0) is 17.8. The second kappa shape index (κ2) is 7.25. The van der Waals surface area contributed by atoms with Crippen LogP contribution in [-0.2, 0) is 6.42 Å². The van der Waals surface area contributed by atoms with E-state index in [0.717, 1.165) is 5.39 Å². The van der Waals surface area contributed by atoms with Crippen LogP contribution in [0.4, 0.5) is 4.79 Å². The Morgan fingerprint density at radius 3 is 2.96 bits per heavy atom. The number of carbonyl (C=O) groups excluding carboxylic acids is 1. The molecule has 8 nitrogen and oxygen atoms in total. The molecular formula is C17H20N4O4. The Kier molecular flexibility index (Phi) is 4.87. The van der Waals surface area contributed by atoms with Crippen LogP contribution < -0.4 is 15.4 Å². The summed E-state index contributed by atoms with van der Waals surface area (Å²) in [5.74, 6) is 2.39. The molecule has 2 N–H and O–H groups in total. The molecule has 0 aliphatic rings. The summed E-state index contributed by atoms with van der Waals surface area (Å²) in [4.78, 5) is 16.1. The van der Waals surface area contributed by atoms with Gasteiger partial charge in [0.05, 0.1) is 13.2 Å². The number of amides is 2. The fraction of sp³-hybridized carbons (Fsp3) is 0.353. The molecule has 2 amide bonds. The van der Waals surface area contributed by atoms with Crippen molar-refractivity contribution in [3.05, 3.63) is 41.7 Å². The van der Waals surface area contributed by atoms with Crippen LogP contribution in [0.25, 0.3) is 11.0 Å². The lowest BCUT2D eigenvalue weighted by Crippen LogP contribution is -2.37. The number of furan rings is 1. The maximum atomic E-state index is 12.0. The number of aromatic nitrogens is 2. The lowest BCUT2D eigenvalue weighted by atomic mass is 10.2. The number of nitrogens with one attached hydrogen (secondary N) is 2. The van der Waals surface area contributed by atoms with E-state index in [1.165, 1.54) is 0 Å². The first-order valence-corrected chi connectivity index (χ1v) is 7.97. The predicted molar refractivity (Wildman–Crippen MR) is 90.5 cm³/mol. The molecule has 2 heterocycles. The number of nitrogens with zero attached hydrogens (tertiary/aromatic N) is 2. The minimum absolute atomic E-state index is 0.289. The highest BCUT2D eigenvalue weighted by Crippen LogP contribution is 2.30. The normalized spacial score (nSPS) is 12.1. The second-order valence-corrected chi connectivity index (χ2v) is 5.63. The van der Waals surface area contributed by atoms with Crippen LogP contribution >= 0.6 is 0 Å². The minimum Gasteiger partial charge on any atom is -0.493 e. The largest absolute Gasteiger partial charge is 0.493 e. The quantitative estimate of drug-likeness (QED) is 0.713. The smallest absolute Gasteiger partial charge is 0.315 e. The molecule has 0 unspecified atom stereocenters. The first-order chi connectivity index (χ1) is 12.1. The molecule has 25 heavy (non-hydrogen) atoms. The number of methoxy groups -OCH3 is 1. The summed E-state index contributed by atoms with van der Waals surface area (Å²) in [5, 5.41) is 10.2. The predicted octanol–water partition coefficient (Wildman–Crippen LogP) is 2.74. The van der Waals surface area contributed by atoms with E-state index in [9.17, 15) is 4.79 Å². The van der Waals surface area contributed by atoms with Crippen LogP contribution in [0.1, 0.15) is 30.4 Å². The van der Waals surface area contributed by atoms with E-state index in [0.29, 0.717) is 41.8 Å². The van der Waals surface area contributed by atoms with Crippen molar-refractivity contribution in [2.45, 2.75) is 26.3 Å². The molecule has 0 spiro atoms. The Morgan fingerprint density at radius 1 is 1.40 bits per heavy atom. The number of para-hydroxylation sites is 1. The molecule has 1 atom stereocenters. The van der Waals surface area contributed by atoms with E-state index >= 15 is 0 Å². The molecule has 0 fully saturated rings. The van der Waals surface area contributed by atoms with Crippen molar-refractivity contribution in [3.8, 4) is 5.75 Å². The van der Waals surface area contributed by atoms with Gasteiger partial charge in [0, 0.05) is 18.4 Å². The minimum atomic E-state index is -0.295. The Balaban J connectivity index is 1.56. The van der Waals surface area contributed by atoms with Gasteiger partial charge in [-0.3, -0.25) is 0 Å². The Morgan fingerprint density at radius 2 is 2.24 bits per heavy atom. The number of benzene rings is 1. The second-order valence-electron chi connectivity index (χ2n) is 5.63. The Bertz CT molecular complexity index is 871. The van der Waals surface area contributed by atoms with Crippen molar-refractivity contribution in [2.24, 2.45) is 0 Å². The number of aryl methyl sites for hydroxylation is 1. The van der Waals surface area contributed by atoms with Gasteiger partial charge in [-0.25, -0.2) is 4.79 Å². The highest BCUT2D eigenvalue weighted by atomic mass is 16.5. The standard InChI is InChI=1S/C17H20N4O4/c1-10(14-9-12-5-4-6-13(23-3)16(12)24-14)19-17(22)18-8-7-15-20-11(2)21-25-15/h4-6,9-10H,7-8H2,1-3H3,(H2,18,19,22)/t10-/m0/s1. The van der Waals surface area contributed by atoms with Gasteiger partial charge in [0.15, 0.2) is 17.2 Å². The number of fused-ring (bicyclic) bond motifs is 1. The number of urea groups is 1. The van der Waals surface area contributed by atoms with Crippen LogP contribution in [0.3, 0.4) is 0 Å². The van der Waals surface area contributed by atoms with Gasteiger partial charge < -0.3 is 24.3 Å². The summed E-state index contributed by atoms with van der Waals surface area (Å²) in [6.45, 7) is 4.00. The molecular weight excluding hydrogens is 324 g/mol. The summed E-state index contributed by atoms with van der Waals surface area (Å²) in [6, 6.07) is 6.97. The molecule has 3 aromatic rings. The number of hydrogen-bond acceptors (Lipinski definition) is 6. The highest BCUT2D eigenvalue weighted by molar-refractivity contribution is 5.84. The zero-order valence-electron chi connectivity index (χ0n) is 14.3. The van der Waals surface area contributed by atoms with Gasteiger partial charge in [-0.15, -0.1) is 0 Å². The summed E-state index contributed by atoms with van der Waals surface area (Å²) < 4.78 is 16.1. The van der Waals surface area contributed by atoms with Gasteiger partial charge in [-0.2, -0.15) is 4.98 Å². The van der Waals surface area contributed by atoms with Crippen molar-refractivity contribution < 1.29 is 18.5 Å². The molecule has 1 aromatic carbocycles. The maximum Gasteiger partial charge on any atom is 0.315 e. The third-order valence-corrected chi connectivity index (χ3v) is 3.72. The van der Waals surface area contributed by atoms with Gasteiger partial charge in [0.25, 0.3) is 0 Å². The van der Waals surface area contributed by atoms with Crippen LogP contribution in [-0.4, -0.2) is 29.8 Å². The van der Waals surface area contributed by atoms with Crippen LogP contribution in [0.15, 0.2) is 33.2 Å². The van der Waals surface area contributed by atoms with E-state index in [1.54, 1.807) is 14.0 Å². The monoisotopic (exact) mass is 344 g/mol. The van der Waals surface area contributed by atoms with E-state index in [4.69, 9.17) is 13.7 Å². The summed E-state index contributed by atoms with van der Waals surface area (Å²) in [5.41, 5.74) is 0.667. The molecule has 0 radical (unpaired) electrons. The van der Waals surface area contributed by atoms with E-state index in [2.05, 4.69) is 20.8 Å². The summed E-state index contributed by atoms with van der Waals surface area (Å²) in [7, 11) is 1.59. The van der Waals surface area contributed by atoms with Crippen LogP contribution in [0, 0.1) is 6.92 Å². The van der Waals surface area contributed by atoms with Gasteiger partial charge in [-0.05, 0) is 26.0 Å². The molecule has 0 aliphatic heterocycles. The fourth-order valence-corrected chi connectivity index (χ4v) is 2.47. The molecule has 0 aliphatic carbocycles. The molecule has 8 heteroatoms. The SMILES string of the molecule is COc1cccc2cc([C@H](C)NC(=O)NCCc3nc(C)no3)oc12. The molecule has 2 aromatic heterocycles. The molecule has 0 saturated carbocycles. The van der Waals surface area contributed by atoms with Gasteiger partial charge in [-0.1, -0.05) is 17.3 Å². The maximum absolute atomic E-state index is 12.0. The first kappa shape index (κ1) is 16.8. The van der Waals surface area contributed by atoms with Gasteiger partial charge >= 0.3 is 6.03 Å². The molecule has 0 saturated heterocycles. The van der Waals surface area contributed by atoms with E-state index in [1.807, 2.05) is 31.2 Å². The number of hydrogen-bond donors (Lipinski definition) is 2. The van der Waals surface area contributed by atoms with Crippen molar-refractivity contribution >= 4 is 17.0 Å². The molecule has 132 valence electrons.